The molecule has 2 atom stereocenters. The molecule has 1 aliphatic rings. The van der Waals surface area contributed by atoms with Gasteiger partial charge in [0.2, 0.25) is 0 Å². The van der Waals surface area contributed by atoms with E-state index < -0.39 is 10.0 Å². The molecule has 1 aliphatic heterocycles. The van der Waals surface area contributed by atoms with Crippen molar-refractivity contribution in [3.63, 3.8) is 0 Å². The predicted molar refractivity (Wildman–Crippen MR) is 96.6 cm³/mol. The van der Waals surface area contributed by atoms with Gasteiger partial charge in [-0.05, 0) is 31.5 Å². The molecule has 0 N–H and O–H groups in total. The number of aryl methyl sites for hydroxylation is 1. The van der Waals surface area contributed by atoms with Gasteiger partial charge in [0.15, 0.2) is 0 Å². The van der Waals surface area contributed by atoms with Gasteiger partial charge in [-0.15, -0.1) is 0 Å². The van der Waals surface area contributed by atoms with E-state index in [1.54, 1.807) is 12.1 Å². The van der Waals surface area contributed by atoms with Crippen molar-refractivity contribution in [3.8, 4) is 0 Å². The number of sulfonamides is 1. The quantitative estimate of drug-likeness (QED) is 0.845. The third-order valence-corrected chi connectivity index (χ3v) is 6.28. The molecule has 126 valence electrons. The van der Waals surface area contributed by atoms with Crippen molar-refractivity contribution in [3.05, 3.63) is 65.7 Å². The van der Waals surface area contributed by atoms with Gasteiger partial charge in [0.1, 0.15) is 0 Å². The first-order chi connectivity index (χ1) is 11.4. The van der Waals surface area contributed by atoms with Gasteiger partial charge in [0, 0.05) is 18.1 Å². The lowest BCUT2D eigenvalue weighted by molar-refractivity contribution is 0.384. The number of hydrogen-bond acceptors (Lipinski definition) is 3. The maximum Gasteiger partial charge on any atom is 0.279 e. The fourth-order valence-corrected chi connectivity index (χ4v) is 4.41. The standard InChI is InChI=1S/C19H22N2O2S/c1-14-9-11-18(12-10-14)24(22,23)21-15(2)13-19(20-21)16(3)17-7-5-4-6-8-17/h4-12,15-16H,13H2,1-3H3. The van der Waals surface area contributed by atoms with Gasteiger partial charge in [-0.25, -0.2) is 0 Å². The average Bonchev–Trinajstić information content (AvgIpc) is 2.98. The molecule has 0 bridgehead atoms. The Morgan fingerprint density at radius 3 is 2.33 bits per heavy atom. The summed E-state index contributed by atoms with van der Waals surface area (Å²) in [4.78, 5) is 0.289. The first-order valence-corrected chi connectivity index (χ1v) is 9.57. The van der Waals surface area contributed by atoms with Crippen molar-refractivity contribution in [1.29, 1.82) is 0 Å². The molecule has 1 heterocycles. The molecule has 2 aromatic carbocycles. The predicted octanol–water partition coefficient (Wildman–Crippen LogP) is 3.94. The highest BCUT2D eigenvalue weighted by Gasteiger charge is 2.35. The molecular formula is C19H22N2O2S. The van der Waals surface area contributed by atoms with Gasteiger partial charge in [0.05, 0.1) is 10.9 Å². The Hall–Kier alpha value is -2.14. The summed E-state index contributed by atoms with van der Waals surface area (Å²) in [5, 5.41) is 4.48. The van der Waals surface area contributed by atoms with Crippen molar-refractivity contribution >= 4 is 15.7 Å². The van der Waals surface area contributed by atoms with E-state index in [1.807, 2.05) is 44.2 Å². The van der Waals surface area contributed by atoms with Crippen LogP contribution >= 0.6 is 0 Å². The second-order valence-electron chi connectivity index (χ2n) is 6.37. The molecule has 24 heavy (non-hydrogen) atoms. The maximum absolute atomic E-state index is 12.9. The Morgan fingerprint density at radius 2 is 1.71 bits per heavy atom. The first-order valence-electron chi connectivity index (χ1n) is 8.13. The van der Waals surface area contributed by atoms with E-state index >= 15 is 0 Å². The van der Waals surface area contributed by atoms with Crippen LogP contribution in [0.15, 0.2) is 64.6 Å². The molecule has 0 spiro atoms. The molecule has 0 aliphatic carbocycles. The molecule has 0 saturated heterocycles. The van der Waals surface area contributed by atoms with Gasteiger partial charge in [0.25, 0.3) is 10.0 Å². The van der Waals surface area contributed by atoms with Crippen molar-refractivity contribution in [2.24, 2.45) is 5.10 Å². The summed E-state index contributed by atoms with van der Waals surface area (Å²) in [5.74, 6) is 0.104. The highest BCUT2D eigenvalue weighted by atomic mass is 32.2. The monoisotopic (exact) mass is 342 g/mol. The van der Waals surface area contributed by atoms with Crippen molar-refractivity contribution in [1.82, 2.24) is 4.41 Å². The van der Waals surface area contributed by atoms with Crippen LogP contribution in [0.3, 0.4) is 0 Å². The van der Waals surface area contributed by atoms with E-state index in [9.17, 15) is 8.42 Å². The van der Waals surface area contributed by atoms with E-state index in [2.05, 4.69) is 24.2 Å². The van der Waals surface area contributed by atoms with E-state index in [1.165, 1.54) is 4.41 Å². The van der Waals surface area contributed by atoms with Gasteiger partial charge in [-0.1, -0.05) is 55.0 Å². The lowest BCUT2D eigenvalue weighted by atomic mass is 9.93. The minimum atomic E-state index is -3.61. The van der Waals surface area contributed by atoms with Crippen LogP contribution in [-0.2, 0) is 10.0 Å². The normalized spacial score (nSPS) is 19.2. The van der Waals surface area contributed by atoms with Gasteiger partial charge < -0.3 is 0 Å². The number of benzene rings is 2. The highest BCUT2D eigenvalue weighted by molar-refractivity contribution is 7.89. The largest absolute Gasteiger partial charge is 0.279 e. The van der Waals surface area contributed by atoms with Gasteiger partial charge in [-0.2, -0.15) is 17.9 Å². The van der Waals surface area contributed by atoms with Crippen LogP contribution in [0, 0.1) is 6.92 Å². The fraction of sp³-hybridized carbons (Fsp3) is 0.316. The summed E-state index contributed by atoms with van der Waals surface area (Å²) < 4.78 is 27.0. The fourth-order valence-electron chi connectivity index (χ4n) is 2.95. The molecule has 0 amide bonds. The van der Waals surface area contributed by atoms with Crippen LogP contribution in [0.1, 0.15) is 37.3 Å². The van der Waals surface area contributed by atoms with Crippen molar-refractivity contribution < 1.29 is 8.42 Å². The number of nitrogens with zero attached hydrogens (tertiary/aromatic N) is 2. The Bertz CT molecular complexity index is 843. The highest BCUT2D eigenvalue weighted by Crippen LogP contribution is 2.30. The van der Waals surface area contributed by atoms with Crippen molar-refractivity contribution in [2.75, 3.05) is 0 Å². The van der Waals surface area contributed by atoms with Crippen LogP contribution < -0.4 is 0 Å². The lowest BCUT2D eigenvalue weighted by Gasteiger charge is -2.19. The molecule has 2 aromatic rings. The summed E-state index contributed by atoms with van der Waals surface area (Å²) in [7, 11) is -3.61. The summed E-state index contributed by atoms with van der Waals surface area (Å²) in [6, 6.07) is 16.8. The zero-order valence-electron chi connectivity index (χ0n) is 14.2. The molecule has 4 nitrogen and oxygen atoms in total. The zero-order valence-corrected chi connectivity index (χ0v) is 15.0. The molecule has 0 fully saturated rings. The second kappa shape index (κ2) is 6.40. The van der Waals surface area contributed by atoms with Crippen LogP contribution in [-0.4, -0.2) is 24.6 Å². The average molecular weight is 342 g/mol. The Labute approximate surface area is 143 Å². The molecule has 3 rings (SSSR count). The van der Waals surface area contributed by atoms with Gasteiger partial charge >= 0.3 is 0 Å². The van der Waals surface area contributed by atoms with E-state index in [0.717, 1.165) is 16.8 Å². The van der Waals surface area contributed by atoms with Crippen LogP contribution in [0.2, 0.25) is 0 Å². The lowest BCUT2D eigenvalue weighted by Crippen LogP contribution is -2.30. The molecule has 0 saturated carbocycles. The topological polar surface area (TPSA) is 49.7 Å². The van der Waals surface area contributed by atoms with Crippen molar-refractivity contribution in [2.45, 2.75) is 44.0 Å². The minimum Gasteiger partial charge on any atom is -0.200 e. The van der Waals surface area contributed by atoms with E-state index in [0.29, 0.717) is 6.42 Å². The van der Waals surface area contributed by atoms with Crippen LogP contribution in [0.25, 0.3) is 0 Å². The summed E-state index contributed by atoms with van der Waals surface area (Å²) in [6.07, 6.45) is 0.654. The summed E-state index contributed by atoms with van der Waals surface area (Å²) in [6.45, 7) is 5.91. The Kier molecular flexibility index (Phi) is 4.45. The zero-order chi connectivity index (χ0) is 17.3. The second-order valence-corrected chi connectivity index (χ2v) is 8.16. The number of hydrogen-bond donors (Lipinski definition) is 0. The Morgan fingerprint density at radius 1 is 1.08 bits per heavy atom. The Balaban J connectivity index is 1.91. The summed E-state index contributed by atoms with van der Waals surface area (Å²) >= 11 is 0. The molecule has 0 aromatic heterocycles. The molecule has 0 radical (unpaired) electrons. The van der Waals surface area contributed by atoms with E-state index in [4.69, 9.17) is 0 Å². The molecule has 5 heteroatoms. The summed E-state index contributed by atoms with van der Waals surface area (Å²) in [5.41, 5.74) is 3.09. The smallest absolute Gasteiger partial charge is 0.200 e. The molecule has 2 unspecified atom stereocenters. The first kappa shape index (κ1) is 16.7. The SMILES string of the molecule is Cc1ccc(S(=O)(=O)N2N=C(C(C)c3ccccc3)CC2C)cc1. The van der Waals surface area contributed by atoms with Gasteiger partial charge in [-0.3, -0.25) is 0 Å². The third kappa shape index (κ3) is 3.08. The number of rotatable bonds is 4. The minimum absolute atomic E-state index is 0.104. The maximum atomic E-state index is 12.9. The molecular weight excluding hydrogens is 320 g/mol. The van der Waals surface area contributed by atoms with Crippen LogP contribution in [0.4, 0.5) is 0 Å². The van der Waals surface area contributed by atoms with Crippen LogP contribution in [0.5, 0.6) is 0 Å². The van der Waals surface area contributed by atoms with E-state index in [-0.39, 0.29) is 16.9 Å². The third-order valence-electron chi connectivity index (χ3n) is 4.47. The number of hydrazone groups is 1.